The highest BCUT2D eigenvalue weighted by Gasteiger charge is 2.19. The molecule has 0 heterocycles. The Kier molecular flexibility index (Phi) is 4.71. The van der Waals surface area contributed by atoms with Crippen molar-refractivity contribution < 1.29 is 14.4 Å². The zero-order valence-electron chi connectivity index (χ0n) is 13.2. The molecule has 0 spiro atoms. The Labute approximate surface area is 130 Å². The van der Waals surface area contributed by atoms with E-state index in [0.29, 0.717) is 22.4 Å². The largest absolute Gasteiger partial charge is 0.366 e. The van der Waals surface area contributed by atoms with Gasteiger partial charge in [-0.1, -0.05) is 37.2 Å². The van der Waals surface area contributed by atoms with Gasteiger partial charge in [0.15, 0.2) is 5.78 Å². The third-order valence-electron chi connectivity index (χ3n) is 3.54. The number of hydrogen-bond acceptors (Lipinski definition) is 4. The molecule has 4 nitrogen and oxygen atoms in total. The van der Waals surface area contributed by atoms with Gasteiger partial charge in [0.1, 0.15) is 5.71 Å². The summed E-state index contributed by atoms with van der Waals surface area (Å²) >= 11 is 0. The minimum absolute atomic E-state index is 0.0170. The van der Waals surface area contributed by atoms with Crippen molar-refractivity contribution in [2.24, 2.45) is 11.1 Å². The number of oxime groups is 1. The summed E-state index contributed by atoms with van der Waals surface area (Å²) < 4.78 is 0. The van der Waals surface area contributed by atoms with Crippen molar-refractivity contribution in [3.8, 4) is 0 Å². The maximum atomic E-state index is 12.1. The molecule has 1 aromatic rings. The van der Waals surface area contributed by atoms with Gasteiger partial charge in [-0.05, 0) is 49.1 Å². The van der Waals surface area contributed by atoms with Crippen LogP contribution in [0.25, 0.3) is 0 Å². The first-order valence-corrected chi connectivity index (χ1v) is 7.19. The van der Waals surface area contributed by atoms with E-state index in [-0.39, 0.29) is 11.7 Å². The fourth-order valence-electron chi connectivity index (χ4n) is 2.18. The number of nitrogens with zero attached hydrogens (tertiary/aromatic N) is 1. The second-order valence-corrected chi connectivity index (χ2v) is 5.62. The number of rotatable bonds is 3. The number of ketones is 1. The van der Waals surface area contributed by atoms with Gasteiger partial charge in [-0.2, -0.15) is 0 Å². The normalized spacial score (nSPS) is 16.6. The lowest BCUT2D eigenvalue weighted by Gasteiger charge is -2.14. The van der Waals surface area contributed by atoms with Crippen molar-refractivity contribution in [2.75, 3.05) is 0 Å². The van der Waals surface area contributed by atoms with Crippen molar-refractivity contribution in [1.82, 2.24) is 0 Å². The van der Waals surface area contributed by atoms with Crippen molar-refractivity contribution >= 4 is 17.5 Å². The predicted octanol–water partition coefficient (Wildman–Crippen LogP) is 3.62. The molecule has 1 aromatic carbocycles. The predicted molar refractivity (Wildman–Crippen MR) is 85.7 cm³/mol. The van der Waals surface area contributed by atoms with Crippen LogP contribution < -0.4 is 0 Å². The minimum atomic E-state index is -0.505. The van der Waals surface area contributed by atoms with Crippen LogP contribution in [0, 0.1) is 12.8 Å². The van der Waals surface area contributed by atoms with Crippen LogP contribution in [0.15, 0.2) is 52.7 Å². The molecule has 0 radical (unpaired) electrons. The maximum Gasteiger partial charge on any atom is 0.366 e. The fraction of sp³-hybridized carbons (Fsp3) is 0.278. The Morgan fingerprint density at radius 3 is 2.45 bits per heavy atom. The maximum absolute atomic E-state index is 12.1. The smallest absolute Gasteiger partial charge is 0.312 e. The highest BCUT2D eigenvalue weighted by atomic mass is 16.7. The van der Waals surface area contributed by atoms with Gasteiger partial charge in [-0.15, -0.1) is 0 Å². The van der Waals surface area contributed by atoms with E-state index >= 15 is 0 Å². The van der Waals surface area contributed by atoms with Gasteiger partial charge >= 0.3 is 5.97 Å². The molecule has 1 aliphatic carbocycles. The van der Waals surface area contributed by atoms with E-state index < -0.39 is 5.97 Å². The van der Waals surface area contributed by atoms with E-state index in [9.17, 15) is 9.59 Å². The van der Waals surface area contributed by atoms with Gasteiger partial charge in [0.25, 0.3) is 0 Å². The van der Waals surface area contributed by atoms with Gasteiger partial charge in [-0.3, -0.25) is 4.79 Å². The van der Waals surface area contributed by atoms with Gasteiger partial charge in [0.2, 0.25) is 0 Å². The lowest BCUT2D eigenvalue weighted by molar-refractivity contribution is -0.111. The summed E-state index contributed by atoms with van der Waals surface area (Å²) in [5.74, 6) is -0.430. The van der Waals surface area contributed by atoms with Gasteiger partial charge in [0, 0.05) is 5.57 Å². The zero-order chi connectivity index (χ0) is 16.3. The Bertz CT molecular complexity index is 709. The van der Waals surface area contributed by atoms with Crippen LogP contribution in [-0.4, -0.2) is 17.5 Å². The topological polar surface area (TPSA) is 55.7 Å². The van der Waals surface area contributed by atoms with Gasteiger partial charge in [0.05, 0.1) is 5.56 Å². The van der Waals surface area contributed by atoms with Crippen molar-refractivity contribution in [1.29, 1.82) is 0 Å². The minimum Gasteiger partial charge on any atom is -0.312 e. The summed E-state index contributed by atoms with van der Waals surface area (Å²) in [6.45, 7) is 7.49. The van der Waals surface area contributed by atoms with E-state index in [4.69, 9.17) is 4.84 Å². The molecule has 4 heteroatoms. The molecular weight excluding hydrogens is 278 g/mol. The Morgan fingerprint density at radius 1 is 1.14 bits per heavy atom. The van der Waals surface area contributed by atoms with E-state index in [1.54, 1.807) is 25.1 Å². The Morgan fingerprint density at radius 2 is 1.82 bits per heavy atom. The number of carbonyl (C=O) groups is 2. The number of benzene rings is 1. The number of hydrogen-bond donors (Lipinski definition) is 0. The molecule has 0 saturated carbocycles. The second-order valence-electron chi connectivity index (χ2n) is 5.62. The number of aryl methyl sites for hydroxylation is 1. The third-order valence-corrected chi connectivity index (χ3v) is 3.54. The van der Waals surface area contributed by atoms with E-state index in [1.165, 1.54) is 6.08 Å². The Balaban J connectivity index is 2.22. The molecule has 2 rings (SSSR count). The molecule has 1 aliphatic rings. The standard InChI is InChI=1S/C18H19NO3/c1-11(2)15-10-16(13(4)9-17(15)20)19-22-18(21)14-8-6-5-7-12(14)3/h5-11H,1-4H3/b19-16-. The first-order chi connectivity index (χ1) is 10.4. The van der Waals surface area contributed by atoms with Crippen molar-refractivity contribution in [3.05, 3.63) is 58.7 Å². The monoisotopic (exact) mass is 297 g/mol. The number of allylic oxidation sites excluding steroid dienone is 4. The molecule has 114 valence electrons. The fourth-order valence-corrected chi connectivity index (χ4v) is 2.18. The molecule has 0 atom stereocenters. The molecule has 0 saturated heterocycles. The average Bonchev–Trinajstić information content (AvgIpc) is 2.46. The summed E-state index contributed by atoms with van der Waals surface area (Å²) in [5, 5.41) is 3.92. The molecule has 0 fully saturated rings. The summed E-state index contributed by atoms with van der Waals surface area (Å²) in [6.07, 6.45) is 3.21. The van der Waals surface area contributed by atoms with Crippen LogP contribution in [0.4, 0.5) is 0 Å². The lowest BCUT2D eigenvalue weighted by Crippen LogP contribution is -2.16. The number of carbonyl (C=O) groups excluding carboxylic acids is 2. The summed E-state index contributed by atoms with van der Waals surface area (Å²) in [5.41, 5.74) is 3.17. The quantitative estimate of drug-likeness (QED) is 0.486. The van der Waals surface area contributed by atoms with E-state index in [2.05, 4.69) is 5.16 Å². The summed E-state index contributed by atoms with van der Waals surface area (Å²) in [4.78, 5) is 29.0. The van der Waals surface area contributed by atoms with Crippen molar-refractivity contribution in [2.45, 2.75) is 27.7 Å². The second kappa shape index (κ2) is 6.52. The lowest BCUT2D eigenvalue weighted by atomic mass is 9.90. The molecule has 0 aromatic heterocycles. The van der Waals surface area contributed by atoms with Crippen LogP contribution in [0.2, 0.25) is 0 Å². The highest BCUT2D eigenvalue weighted by molar-refractivity contribution is 6.21. The SMILES string of the molecule is CC1=CC(=O)C(C(C)C)=C/C1=N/OC(=O)c1ccccc1C. The van der Waals surface area contributed by atoms with E-state index in [1.807, 2.05) is 32.9 Å². The van der Waals surface area contributed by atoms with E-state index in [0.717, 1.165) is 5.56 Å². The third kappa shape index (κ3) is 3.39. The van der Waals surface area contributed by atoms with Crippen molar-refractivity contribution in [3.63, 3.8) is 0 Å². The molecule has 0 amide bonds. The molecule has 0 N–H and O–H groups in total. The Hall–Kier alpha value is -2.49. The molecule has 0 unspecified atom stereocenters. The summed E-state index contributed by atoms with van der Waals surface area (Å²) in [7, 11) is 0. The highest BCUT2D eigenvalue weighted by Crippen LogP contribution is 2.19. The van der Waals surface area contributed by atoms with Crippen LogP contribution in [0.1, 0.15) is 36.7 Å². The first-order valence-electron chi connectivity index (χ1n) is 7.19. The van der Waals surface area contributed by atoms with Crippen LogP contribution in [-0.2, 0) is 9.63 Å². The molecule has 0 aliphatic heterocycles. The van der Waals surface area contributed by atoms with Crippen LogP contribution in [0.5, 0.6) is 0 Å². The van der Waals surface area contributed by atoms with Gasteiger partial charge in [-0.25, -0.2) is 4.79 Å². The average molecular weight is 297 g/mol. The molecular formula is C18H19NO3. The first kappa shape index (κ1) is 15.9. The van der Waals surface area contributed by atoms with Crippen LogP contribution in [0.3, 0.4) is 0 Å². The van der Waals surface area contributed by atoms with Gasteiger partial charge < -0.3 is 4.84 Å². The van der Waals surface area contributed by atoms with Crippen LogP contribution >= 0.6 is 0 Å². The molecule has 0 bridgehead atoms. The zero-order valence-corrected chi connectivity index (χ0v) is 13.2. The summed E-state index contributed by atoms with van der Waals surface area (Å²) in [6, 6.07) is 7.17. The molecule has 22 heavy (non-hydrogen) atoms.